The Kier molecular flexibility index (Phi) is 5.79. The van der Waals surface area contributed by atoms with Crippen LogP contribution in [0.4, 0.5) is 4.39 Å². The van der Waals surface area contributed by atoms with E-state index in [1.165, 1.54) is 18.2 Å². The first-order valence-corrected chi connectivity index (χ1v) is 8.13. The number of unbranched alkanes of at least 4 members (excludes halogenated alkanes) is 1. The molecule has 0 N–H and O–H groups in total. The van der Waals surface area contributed by atoms with E-state index in [1.807, 2.05) is 6.92 Å². The van der Waals surface area contributed by atoms with Crippen LogP contribution in [0.5, 0.6) is 0 Å². The molecular weight excluding hydrogens is 251 g/mol. The van der Waals surface area contributed by atoms with E-state index in [1.54, 1.807) is 0 Å². The first-order chi connectivity index (χ1) is 8.49. The highest BCUT2D eigenvalue weighted by Crippen LogP contribution is 2.20. The van der Waals surface area contributed by atoms with Crippen molar-refractivity contribution in [1.29, 1.82) is 0 Å². The first-order valence-electron chi connectivity index (χ1n) is 6.48. The van der Waals surface area contributed by atoms with Crippen molar-refractivity contribution >= 4 is 9.84 Å². The second kappa shape index (κ2) is 6.88. The average molecular weight is 272 g/mol. The Bertz CT molecular complexity index is 468. The molecule has 1 unspecified atom stereocenters. The Morgan fingerprint density at radius 1 is 1.28 bits per heavy atom. The molecule has 0 saturated carbocycles. The van der Waals surface area contributed by atoms with Crippen molar-refractivity contribution < 1.29 is 12.8 Å². The molecule has 0 aromatic heterocycles. The second-order valence-electron chi connectivity index (χ2n) is 4.66. The third-order valence-corrected chi connectivity index (χ3v) is 5.04. The van der Waals surface area contributed by atoms with Gasteiger partial charge in [-0.2, -0.15) is 0 Å². The van der Waals surface area contributed by atoms with Crippen molar-refractivity contribution in [3.63, 3.8) is 0 Å². The highest BCUT2D eigenvalue weighted by Gasteiger charge is 2.20. The quantitative estimate of drug-likeness (QED) is 0.756. The number of benzene rings is 1. The van der Waals surface area contributed by atoms with Crippen LogP contribution in [-0.2, 0) is 9.84 Å². The smallest absolute Gasteiger partial charge is 0.178 e. The fourth-order valence-corrected chi connectivity index (χ4v) is 3.76. The van der Waals surface area contributed by atoms with Crippen LogP contribution >= 0.6 is 0 Å². The maximum Gasteiger partial charge on any atom is 0.178 e. The summed E-state index contributed by atoms with van der Waals surface area (Å²) >= 11 is 0. The maximum absolute atomic E-state index is 13.1. The third kappa shape index (κ3) is 4.41. The van der Waals surface area contributed by atoms with Gasteiger partial charge in [0.15, 0.2) is 9.84 Å². The largest absolute Gasteiger partial charge is 0.224 e. The SMILES string of the molecule is CCCCC(CC)CS(=O)(=O)c1cccc(F)c1. The van der Waals surface area contributed by atoms with Gasteiger partial charge >= 0.3 is 0 Å². The molecule has 0 heterocycles. The van der Waals surface area contributed by atoms with Crippen LogP contribution in [-0.4, -0.2) is 14.2 Å². The fraction of sp³-hybridized carbons (Fsp3) is 0.571. The molecule has 1 atom stereocenters. The molecule has 1 aromatic carbocycles. The summed E-state index contributed by atoms with van der Waals surface area (Å²) in [5.41, 5.74) is 0. The zero-order valence-corrected chi connectivity index (χ0v) is 11.8. The summed E-state index contributed by atoms with van der Waals surface area (Å²) in [6, 6.07) is 5.26. The van der Waals surface area contributed by atoms with Crippen molar-refractivity contribution in [1.82, 2.24) is 0 Å². The number of hydrogen-bond acceptors (Lipinski definition) is 2. The molecule has 0 aliphatic rings. The van der Waals surface area contributed by atoms with Crippen LogP contribution in [0.3, 0.4) is 0 Å². The van der Waals surface area contributed by atoms with Crippen LogP contribution in [0.1, 0.15) is 39.5 Å². The molecule has 1 rings (SSSR count). The van der Waals surface area contributed by atoms with Gasteiger partial charge in [0.1, 0.15) is 5.82 Å². The lowest BCUT2D eigenvalue weighted by atomic mass is 10.0. The van der Waals surface area contributed by atoms with Gasteiger partial charge in [-0.05, 0) is 30.5 Å². The first kappa shape index (κ1) is 15.2. The summed E-state index contributed by atoms with van der Waals surface area (Å²) < 4.78 is 37.4. The van der Waals surface area contributed by atoms with E-state index in [4.69, 9.17) is 0 Å². The predicted molar refractivity (Wildman–Crippen MR) is 71.8 cm³/mol. The summed E-state index contributed by atoms with van der Waals surface area (Å²) in [5.74, 6) is -0.219. The molecule has 0 aliphatic heterocycles. The summed E-state index contributed by atoms with van der Waals surface area (Å²) in [6.45, 7) is 4.09. The minimum absolute atomic E-state index is 0.0949. The Morgan fingerprint density at radius 2 is 2.00 bits per heavy atom. The topological polar surface area (TPSA) is 34.1 Å². The Hall–Kier alpha value is -0.900. The monoisotopic (exact) mass is 272 g/mol. The van der Waals surface area contributed by atoms with Gasteiger partial charge in [-0.3, -0.25) is 0 Å². The number of halogens is 1. The van der Waals surface area contributed by atoms with E-state index in [0.717, 1.165) is 31.7 Å². The zero-order chi connectivity index (χ0) is 13.6. The molecule has 0 radical (unpaired) electrons. The molecule has 0 amide bonds. The minimum atomic E-state index is -3.36. The van der Waals surface area contributed by atoms with Gasteiger partial charge in [-0.15, -0.1) is 0 Å². The lowest BCUT2D eigenvalue weighted by molar-refractivity contribution is 0.483. The van der Waals surface area contributed by atoms with E-state index in [0.29, 0.717) is 0 Å². The van der Waals surface area contributed by atoms with Gasteiger partial charge in [0, 0.05) is 0 Å². The summed E-state index contributed by atoms with van der Waals surface area (Å²) in [7, 11) is -3.36. The summed E-state index contributed by atoms with van der Waals surface area (Å²) in [6.07, 6.45) is 3.86. The molecule has 0 spiro atoms. The summed E-state index contributed by atoms with van der Waals surface area (Å²) in [5, 5.41) is 0. The van der Waals surface area contributed by atoms with Crippen LogP contribution in [0.2, 0.25) is 0 Å². The maximum atomic E-state index is 13.1. The Labute approximate surface area is 109 Å². The molecule has 0 aliphatic carbocycles. The summed E-state index contributed by atoms with van der Waals surface area (Å²) in [4.78, 5) is 0.0949. The van der Waals surface area contributed by atoms with E-state index in [-0.39, 0.29) is 16.6 Å². The van der Waals surface area contributed by atoms with Crippen LogP contribution < -0.4 is 0 Å². The van der Waals surface area contributed by atoms with Crippen LogP contribution in [0, 0.1) is 11.7 Å². The van der Waals surface area contributed by atoms with Crippen molar-refractivity contribution in [3.8, 4) is 0 Å². The Morgan fingerprint density at radius 3 is 2.56 bits per heavy atom. The standard InChI is InChI=1S/C14H21FO2S/c1-3-5-7-12(4-2)11-18(16,17)14-9-6-8-13(15)10-14/h6,8-10,12H,3-5,7,11H2,1-2H3. The fourth-order valence-electron chi connectivity index (χ4n) is 1.97. The van der Waals surface area contributed by atoms with Crippen LogP contribution in [0.15, 0.2) is 29.2 Å². The lowest BCUT2D eigenvalue weighted by Gasteiger charge is -2.14. The molecule has 0 saturated heterocycles. The molecule has 0 fully saturated rings. The van der Waals surface area contributed by atoms with Crippen molar-refractivity contribution in [2.45, 2.75) is 44.4 Å². The average Bonchev–Trinajstić information content (AvgIpc) is 2.34. The van der Waals surface area contributed by atoms with Crippen LogP contribution in [0.25, 0.3) is 0 Å². The van der Waals surface area contributed by atoms with Crippen molar-refractivity contribution in [3.05, 3.63) is 30.1 Å². The minimum Gasteiger partial charge on any atom is -0.224 e. The van der Waals surface area contributed by atoms with E-state index in [9.17, 15) is 12.8 Å². The molecule has 18 heavy (non-hydrogen) atoms. The van der Waals surface area contributed by atoms with Gasteiger partial charge in [0.2, 0.25) is 0 Å². The Balaban J connectivity index is 2.80. The van der Waals surface area contributed by atoms with E-state index in [2.05, 4.69) is 6.92 Å². The molecular formula is C14H21FO2S. The van der Waals surface area contributed by atoms with Gasteiger partial charge in [0.25, 0.3) is 0 Å². The van der Waals surface area contributed by atoms with Crippen molar-refractivity contribution in [2.75, 3.05) is 5.75 Å². The lowest BCUT2D eigenvalue weighted by Crippen LogP contribution is -2.16. The molecule has 2 nitrogen and oxygen atoms in total. The normalized spacial score (nSPS) is 13.5. The zero-order valence-electron chi connectivity index (χ0n) is 11.0. The highest BCUT2D eigenvalue weighted by molar-refractivity contribution is 7.91. The second-order valence-corrected chi connectivity index (χ2v) is 6.69. The van der Waals surface area contributed by atoms with E-state index < -0.39 is 15.7 Å². The number of rotatable bonds is 7. The van der Waals surface area contributed by atoms with Gasteiger partial charge in [-0.25, -0.2) is 12.8 Å². The van der Waals surface area contributed by atoms with Gasteiger partial charge in [0.05, 0.1) is 10.6 Å². The van der Waals surface area contributed by atoms with Crippen molar-refractivity contribution in [2.24, 2.45) is 5.92 Å². The molecule has 4 heteroatoms. The highest BCUT2D eigenvalue weighted by atomic mass is 32.2. The van der Waals surface area contributed by atoms with Gasteiger partial charge in [-0.1, -0.05) is 39.2 Å². The number of hydrogen-bond donors (Lipinski definition) is 0. The molecule has 102 valence electrons. The number of sulfone groups is 1. The van der Waals surface area contributed by atoms with E-state index >= 15 is 0 Å². The van der Waals surface area contributed by atoms with Gasteiger partial charge < -0.3 is 0 Å². The molecule has 1 aromatic rings. The molecule has 0 bridgehead atoms. The predicted octanol–water partition coefficient (Wildman–Crippen LogP) is 3.82. The third-order valence-electron chi connectivity index (χ3n) is 3.15.